The lowest BCUT2D eigenvalue weighted by Crippen LogP contribution is -2.35. The highest BCUT2D eigenvalue weighted by molar-refractivity contribution is 9.10. The first-order valence-corrected chi connectivity index (χ1v) is 7.97. The second kappa shape index (κ2) is 6.27. The Balaban J connectivity index is 2.09. The zero-order valence-electron chi connectivity index (χ0n) is 11.9. The Hall–Kier alpha value is -0.540. The summed E-state index contributed by atoms with van der Waals surface area (Å²) in [5.74, 6) is 0. The van der Waals surface area contributed by atoms with Crippen LogP contribution in [0.2, 0.25) is 0 Å². The van der Waals surface area contributed by atoms with E-state index in [1.165, 1.54) is 36.1 Å². The Kier molecular flexibility index (Phi) is 4.91. The molecule has 0 heterocycles. The number of hydrogen-bond acceptors (Lipinski definition) is 2. The van der Waals surface area contributed by atoms with E-state index in [1.807, 2.05) is 0 Å². The normalized spacial score (nSPS) is 18.3. The lowest BCUT2D eigenvalue weighted by Gasteiger charge is -2.36. The minimum atomic E-state index is 0.0784. The predicted molar refractivity (Wildman–Crippen MR) is 84.7 cm³/mol. The molecule has 3 heteroatoms. The van der Waals surface area contributed by atoms with Crippen LogP contribution >= 0.6 is 15.9 Å². The summed E-state index contributed by atoms with van der Waals surface area (Å²) in [6, 6.07) is 4.33. The largest absolute Gasteiger partial charge is 0.396 e. The van der Waals surface area contributed by atoms with Crippen molar-refractivity contribution >= 4 is 21.6 Å². The lowest BCUT2D eigenvalue weighted by atomic mass is 9.74. The summed E-state index contributed by atoms with van der Waals surface area (Å²) in [5, 5.41) is 13.3. The molecule has 0 bridgehead atoms. The zero-order chi connectivity index (χ0) is 13.9. The molecular weight excluding hydrogens is 302 g/mol. The maximum absolute atomic E-state index is 9.75. The quantitative estimate of drug-likeness (QED) is 0.858. The van der Waals surface area contributed by atoms with Crippen molar-refractivity contribution < 1.29 is 5.11 Å². The molecule has 19 heavy (non-hydrogen) atoms. The van der Waals surface area contributed by atoms with Crippen LogP contribution in [0, 0.1) is 19.3 Å². The number of benzene rings is 1. The third-order valence-corrected chi connectivity index (χ3v) is 4.95. The summed E-state index contributed by atoms with van der Waals surface area (Å²) in [6.07, 6.45) is 6.08. The van der Waals surface area contributed by atoms with Gasteiger partial charge in [-0.1, -0.05) is 25.3 Å². The van der Waals surface area contributed by atoms with Crippen LogP contribution in [0.3, 0.4) is 0 Å². The second-order valence-electron chi connectivity index (χ2n) is 6.01. The van der Waals surface area contributed by atoms with E-state index < -0.39 is 0 Å². The molecule has 1 aliphatic carbocycles. The van der Waals surface area contributed by atoms with Gasteiger partial charge in [0, 0.05) is 16.4 Å². The SMILES string of the molecule is Cc1cc(C)c(NCC2(CO)CCCCC2)c(Br)c1. The van der Waals surface area contributed by atoms with Gasteiger partial charge in [0.1, 0.15) is 0 Å². The number of nitrogens with one attached hydrogen (secondary N) is 1. The van der Waals surface area contributed by atoms with Gasteiger partial charge in [0.05, 0.1) is 12.3 Å². The first-order valence-electron chi connectivity index (χ1n) is 7.18. The van der Waals surface area contributed by atoms with Crippen LogP contribution in [0.1, 0.15) is 43.2 Å². The van der Waals surface area contributed by atoms with Crippen LogP contribution in [0.25, 0.3) is 0 Å². The first kappa shape index (κ1) is 14.9. The van der Waals surface area contributed by atoms with Gasteiger partial charge in [0.2, 0.25) is 0 Å². The van der Waals surface area contributed by atoms with Crippen LogP contribution in [-0.2, 0) is 0 Å². The van der Waals surface area contributed by atoms with Crippen LogP contribution in [0.15, 0.2) is 16.6 Å². The molecule has 0 spiro atoms. The average molecular weight is 326 g/mol. The Morgan fingerprint density at radius 1 is 1.21 bits per heavy atom. The van der Waals surface area contributed by atoms with Crippen molar-refractivity contribution in [2.24, 2.45) is 5.41 Å². The van der Waals surface area contributed by atoms with Gasteiger partial charge in [0.25, 0.3) is 0 Å². The molecule has 0 aromatic heterocycles. The van der Waals surface area contributed by atoms with Crippen molar-refractivity contribution in [3.63, 3.8) is 0 Å². The Morgan fingerprint density at radius 2 is 1.89 bits per heavy atom. The molecule has 0 atom stereocenters. The molecule has 2 N–H and O–H groups in total. The van der Waals surface area contributed by atoms with E-state index in [9.17, 15) is 5.11 Å². The molecule has 2 rings (SSSR count). The molecule has 0 unspecified atom stereocenters. The van der Waals surface area contributed by atoms with E-state index in [2.05, 4.69) is 47.2 Å². The molecule has 0 amide bonds. The maximum atomic E-state index is 9.75. The van der Waals surface area contributed by atoms with Crippen LogP contribution in [0.4, 0.5) is 5.69 Å². The minimum absolute atomic E-state index is 0.0784. The maximum Gasteiger partial charge on any atom is 0.0514 e. The third kappa shape index (κ3) is 3.51. The van der Waals surface area contributed by atoms with Crippen LogP contribution in [-0.4, -0.2) is 18.3 Å². The van der Waals surface area contributed by atoms with Crippen molar-refractivity contribution in [2.75, 3.05) is 18.5 Å². The molecule has 1 aliphatic rings. The molecule has 1 aromatic rings. The highest BCUT2D eigenvalue weighted by Gasteiger charge is 2.31. The summed E-state index contributed by atoms with van der Waals surface area (Å²) in [4.78, 5) is 0. The summed E-state index contributed by atoms with van der Waals surface area (Å²) >= 11 is 3.64. The molecule has 2 nitrogen and oxygen atoms in total. The van der Waals surface area contributed by atoms with Gasteiger partial charge in [-0.3, -0.25) is 0 Å². The van der Waals surface area contributed by atoms with E-state index in [0.29, 0.717) is 6.61 Å². The Labute approximate surface area is 124 Å². The number of aliphatic hydroxyl groups is 1. The van der Waals surface area contributed by atoms with E-state index >= 15 is 0 Å². The van der Waals surface area contributed by atoms with E-state index in [-0.39, 0.29) is 5.41 Å². The van der Waals surface area contributed by atoms with Crippen molar-refractivity contribution in [1.29, 1.82) is 0 Å². The van der Waals surface area contributed by atoms with Gasteiger partial charge in [0.15, 0.2) is 0 Å². The third-order valence-electron chi connectivity index (χ3n) is 4.32. The van der Waals surface area contributed by atoms with Gasteiger partial charge in [-0.15, -0.1) is 0 Å². The van der Waals surface area contributed by atoms with Gasteiger partial charge in [-0.05, 0) is 59.8 Å². The fraction of sp³-hybridized carbons (Fsp3) is 0.625. The van der Waals surface area contributed by atoms with Crippen LogP contribution in [0.5, 0.6) is 0 Å². The summed E-state index contributed by atoms with van der Waals surface area (Å²) in [6.45, 7) is 5.40. The highest BCUT2D eigenvalue weighted by Crippen LogP contribution is 2.37. The van der Waals surface area contributed by atoms with Crippen molar-refractivity contribution in [2.45, 2.75) is 46.0 Å². The minimum Gasteiger partial charge on any atom is -0.396 e. The monoisotopic (exact) mass is 325 g/mol. The topological polar surface area (TPSA) is 32.3 Å². The standard InChI is InChI=1S/C16H24BrNO/c1-12-8-13(2)15(14(17)9-12)18-10-16(11-19)6-4-3-5-7-16/h8-9,18-19H,3-7,10-11H2,1-2H3. The molecule has 0 radical (unpaired) electrons. The molecule has 1 fully saturated rings. The van der Waals surface area contributed by atoms with E-state index in [0.717, 1.165) is 23.9 Å². The summed E-state index contributed by atoms with van der Waals surface area (Å²) < 4.78 is 1.12. The first-order chi connectivity index (χ1) is 9.06. The Bertz CT molecular complexity index is 415. The fourth-order valence-corrected chi connectivity index (χ4v) is 3.92. The molecule has 1 aromatic carbocycles. The molecule has 1 saturated carbocycles. The van der Waals surface area contributed by atoms with Gasteiger partial charge in [-0.25, -0.2) is 0 Å². The Morgan fingerprint density at radius 3 is 2.47 bits per heavy atom. The molecule has 0 aliphatic heterocycles. The number of hydrogen-bond donors (Lipinski definition) is 2. The van der Waals surface area contributed by atoms with Gasteiger partial charge < -0.3 is 10.4 Å². The van der Waals surface area contributed by atoms with Gasteiger partial charge in [-0.2, -0.15) is 0 Å². The van der Waals surface area contributed by atoms with Crippen molar-refractivity contribution in [1.82, 2.24) is 0 Å². The number of anilines is 1. The highest BCUT2D eigenvalue weighted by atomic mass is 79.9. The van der Waals surface area contributed by atoms with E-state index in [1.54, 1.807) is 0 Å². The second-order valence-corrected chi connectivity index (χ2v) is 6.87. The zero-order valence-corrected chi connectivity index (χ0v) is 13.5. The number of rotatable bonds is 4. The van der Waals surface area contributed by atoms with Crippen molar-refractivity contribution in [3.05, 3.63) is 27.7 Å². The number of aliphatic hydroxyl groups excluding tert-OH is 1. The smallest absolute Gasteiger partial charge is 0.0514 e. The fourth-order valence-electron chi connectivity index (χ4n) is 3.11. The van der Waals surface area contributed by atoms with Crippen LogP contribution < -0.4 is 5.32 Å². The van der Waals surface area contributed by atoms with Crippen molar-refractivity contribution in [3.8, 4) is 0 Å². The average Bonchev–Trinajstić information content (AvgIpc) is 2.38. The number of halogens is 1. The van der Waals surface area contributed by atoms with E-state index in [4.69, 9.17) is 0 Å². The molecular formula is C16H24BrNO. The number of aryl methyl sites for hydroxylation is 2. The summed E-state index contributed by atoms with van der Waals surface area (Å²) in [5.41, 5.74) is 3.78. The summed E-state index contributed by atoms with van der Waals surface area (Å²) in [7, 11) is 0. The molecule has 106 valence electrons. The predicted octanol–water partition coefficient (Wildman–Crippen LogP) is 4.42. The van der Waals surface area contributed by atoms with Gasteiger partial charge >= 0.3 is 0 Å². The molecule has 0 saturated heterocycles. The lowest BCUT2D eigenvalue weighted by molar-refractivity contribution is 0.0944.